The van der Waals surface area contributed by atoms with Crippen LogP contribution in [0.1, 0.15) is 43.8 Å². The predicted molar refractivity (Wildman–Crippen MR) is 80.7 cm³/mol. The molecule has 0 N–H and O–H groups in total. The fourth-order valence-corrected chi connectivity index (χ4v) is 3.98. The summed E-state index contributed by atoms with van der Waals surface area (Å²) in [6, 6.07) is 1.67. The number of ketones is 1. The van der Waals surface area contributed by atoms with Crippen LogP contribution < -0.4 is 4.90 Å². The van der Waals surface area contributed by atoms with E-state index >= 15 is 0 Å². The van der Waals surface area contributed by atoms with Crippen LogP contribution in [0.2, 0.25) is 0 Å². The van der Waals surface area contributed by atoms with Gasteiger partial charge in [-0.05, 0) is 32.1 Å². The SMILES string of the molecule is CC(=O)c1cc([N+](=O)[O-])c(N2CC(C)CC(C)C2C)s1. The van der Waals surface area contributed by atoms with Crippen molar-refractivity contribution in [2.45, 2.75) is 40.2 Å². The molecule has 1 aromatic rings. The molecule has 0 saturated carbocycles. The van der Waals surface area contributed by atoms with Gasteiger partial charge >= 0.3 is 5.69 Å². The van der Waals surface area contributed by atoms with Crippen molar-refractivity contribution in [1.29, 1.82) is 0 Å². The molecule has 1 fully saturated rings. The standard InChI is InChI=1S/C14H20N2O3S/c1-8-5-9(2)10(3)15(7-8)14-12(16(18)19)6-13(20-14)11(4)17/h6,8-10H,5,7H2,1-4H3. The number of hydrogen-bond donors (Lipinski definition) is 0. The third-order valence-corrected chi connectivity index (χ3v) is 5.36. The highest BCUT2D eigenvalue weighted by atomic mass is 32.1. The number of hydrogen-bond acceptors (Lipinski definition) is 5. The molecule has 0 spiro atoms. The summed E-state index contributed by atoms with van der Waals surface area (Å²) >= 11 is 1.24. The first kappa shape index (κ1) is 15.0. The van der Waals surface area contributed by atoms with Gasteiger partial charge in [0.2, 0.25) is 0 Å². The van der Waals surface area contributed by atoms with Crippen LogP contribution in [0.5, 0.6) is 0 Å². The molecule has 3 unspecified atom stereocenters. The molecule has 0 aliphatic carbocycles. The predicted octanol–water partition coefficient (Wildman–Crippen LogP) is 3.73. The van der Waals surface area contributed by atoms with Crippen molar-refractivity contribution in [3.8, 4) is 0 Å². The van der Waals surface area contributed by atoms with Crippen molar-refractivity contribution in [1.82, 2.24) is 0 Å². The minimum atomic E-state index is -0.380. The van der Waals surface area contributed by atoms with Crippen LogP contribution in [-0.4, -0.2) is 23.3 Å². The maximum atomic E-state index is 11.5. The molecule has 5 nitrogen and oxygen atoms in total. The van der Waals surface area contributed by atoms with Crippen molar-refractivity contribution in [2.24, 2.45) is 11.8 Å². The second kappa shape index (κ2) is 5.52. The molecular formula is C14H20N2O3S. The molecule has 2 heterocycles. The molecule has 0 radical (unpaired) electrons. The van der Waals surface area contributed by atoms with Crippen molar-refractivity contribution < 1.29 is 9.72 Å². The smallest absolute Gasteiger partial charge is 0.304 e. The average molecular weight is 296 g/mol. The van der Waals surface area contributed by atoms with E-state index in [0.29, 0.717) is 21.7 Å². The topological polar surface area (TPSA) is 63.4 Å². The molecule has 0 amide bonds. The molecule has 20 heavy (non-hydrogen) atoms. The zero-order valence-corrected chi connectivity index (χ0v) is 13.1. The maximum Gasteiger partial charge on any atom is 0.304 e. The number of carbonyl (C=O) groups is 1. The van der Waals surface area contributed by atoms with E-state index in [0.717, 1.165) is 13.0 Å². The third kappa shape index (κ3) is 2.70. The molecular weight excluding hydrogens is 276 g/mol. The molecule has 1 saturated heterocycles. The van der Waals surface area contributed by atoms with E-state index in [2.05, 4.69) is 25.7 Å². The average Bonchev–Trinajstić information content (AvgIpc) is 2.78. The van der Waals surface area contributed by atoms with E-state index in [-0.39, 0.29) is 22.4 Å². The number of anilines is 1. The van der Waals surface area contributed by atoms with E-state index in [9.17, 15) is 14.9 Å². The van der Waals surface area contributed by atoms with Gasteiger partial charge in [0.05, 0.1) is 9.80 Å². The zero-order valence-electron chi connectivity index (χ0n) is 12.3. The van der Waals surface area contributed by atoms with Gasteiger partial charge in [-0.1, -0.05) is 13.8 Å². The Morgan fingerprint density at radius 3 is 2.65 bits per heavy atom. The number of Topliss-reactive ketones (excluding diaryl/α,β-unsaturated/α-hetero) is 1. The van der Waals surface area contributed by atoms with Gasteiger partial charge in [0, 0.05) is 18.7 Å². The quantitative estimate of drug-likeness (QED) is 0.484. The van der Waals surface area contributed by atoms with E-state index in [1.165, 1.54) is 24.3 Å². The first-order valence-corrected chi connectivity index (χ1v) is 7.68. The van der Waals surface area contributed by atoms with Crippen LogP contribution in [0.4, 0.5) is 10.7 Å². The Kier molecular flexibility index (Phi) is 4.13. The molecule has 0 bridgehead atoms. The number of thiophene rings is 1. The van der Waals surface area contributed by atoms with Crippen molar-refractivity contribution >= 4 is 27.8 Å². The maximum absolute atomic E-state index is 11.5. The summed E-state index contributed by atoms with van der Waals surface area (Å²) in [5, 5.41) is 11.9. The van der Waals surface area contributed by atoms with Crippen LogP contribution in [-0.2, 0) is 0 Å². The van der Waals surface area contributed by atoms with Crippen LogP contribution in [0, 0.1) is 22.0 Å². The molecule has 6 heteroatoms. The first-order chi connectivity index (χ1) is 9.31. The lowest BCUT2D eigenvalue weighted by atomic mass is 9.86. The van der Waals surface area contributed by atoms with E-state index in [1.54, 1.807) is 0 Å². The minimum absolute atomic E-state index is 0.0633. The second-order valence-corrected chi connectivity index (χ2v) is 6.86. The Hall–Kier alpha value is -1.43. The van der Waals surface area contributed by atoms with Gasteiger partial charge < -0.3 is 4.90 Å². The molecule has 110 valence electrons. The Balaban J connectivity index is 2.44. The summed E-state index contributed by atoms with van der Waals surface area (Å²) < 4.78 is 0. The van der Waals surface area contributed by atoms with Gasteiger partial charge in [-0.15, -0.1) is 11.3 Å². The monoisotopic (exact) mass is 296 g/mol. The molecule has 2 rings (SSSR count). The van der Waals surface area contributed by atoms with Gasteiger partial charge in [0.15, 0.2) is 10.8 Å². The van der Waals surface area contributed by atoms with Gasteiger partial charge in [-0.3, -0.25) is 14.9 Å². The molecule has 1 aliphatic heterocycles. The molecule has 0 aromatic carbocycles. The summed E-state index contributed by atoms with van der Waals surface area (Å²) in [6.07, 6.45) is 1.14. The fraction of sp³-hybridized carbons (Fsp3) is 0.643. The highest BCUT2D eigenvalue weighted by Crippen LogP contribution is 2.42. The molecule has 3 atom stereocenters. The van der Waals surface area contributed by atoms with E-state index < -0.39 is 0 Å². The lowest BCUT2D eigenvalue weighted by Gasteiger charge is -2.41. The summed E-state index contributed by atoms with van der Waals surface area (Å²) in [5.74, 6) is 0.875. The number of nitro groups is 1. The lowest BCUT2D eigenvalue weighted by Crippen LogP contribution is -2.45. The Bertz CT molecular complexity index is 541. The highest BCUT2D eigenvalue weighted by Gasteiger charge is 2.34. The van der Waals surface area contributed by atoms with Crippen LogP contribution in [0.25, 0.3) is 0 Å². The number of piperidine rings is 1. The van der Waals surface area contributed by atoms with Crippen LogP contribution >= 0.6 is 11.3 Å². The zero-order chi connectivity index (χ0) is 15.0. The van der Waals surface area contributed by atoms with Crippen LogP contribution in [0.3, 0.4) is 0 Å². The summed E-state index contributed by atoms with van der Waals surface area (Å²) in [4.78, 5) is 24.9. The third-order valence-electron chi connectivity index (χ3n) is 4.10. The van der Waals surface area contributed by atoms with Crippen molar-refractivity contribution in [3.05, 3.63) is 21.1 Å². The Labute approximate surface area is 122 Å². The Morgan fingerprint density at radius 2 is 2.10 bits per heavy atom. The highest BCUT2D eigenvalue weighted by molar-refractivity contribution is 7.18. The Morgan fingerprint density at radius 1 is 1.45 bits per heavy atom. The van der Waals surface area contributed by atoms with Gasteiger partial charge in [-0.2, -0.15) is 0 Å². The fourth-order valence-electron chi connectivity index (χ4n) is 2.87. The van der Waals surface area contributed by atoms with Crippen molar-refractivity contribution in [2.75, 3.05) is 11.4 Å². The molecule has 1 aromatic heterocycles. The summed E-state index contributed by atoms with van der Waals surface area (Å²) in [7, 11) is 0. The van der Waals surface area contributed by atoms with Gasteiger partial charge in [-0.25, -0.2) is 0 Å². The summed E-state index contributed by atoms with van der Waals surface area (Å²) in [6.45, 7) is 8.71. The second-order valence-electron chi connectivity index (χ2n) is 5.83. The largest absolute Gasteiger partial charge is 0.355 e. The van der Waals surface area contributed by atoms with Gasteiger partial charge in [0.1, 0.15) is 0 Å². The normalized spacial score (nSPS) is 26.6. The van der Waals surface area contributed by atoms with Crippen LogP contribution in [0.15, 0.2) is 6.07 Å². The van der Waals surface area contributed by atoms with Crippen molar-refractivity contribution in [3.63, 3.8) is 0 Å². The molecule has 1 aliphatic rings. The van der Waals surface area contributed by atoms with Gasteiger partial charge in [0.25, 0.3) is 0 Å². The number of carbonyl (C=O) groups excluding carboxylic acids is 1. The lowest BCUT2D eigenvalue weighted by molar-refractivity contribution is -0.383. The number of rotatable bonds is 3. The summed E-state index contributed by atoms with van der Waals surface area (Å²) in [5.41, 5.74) is 0.0633. The number of nitrogens with zero attached hydrogens (tertiary/aromatic N) is 2. The van der Waals surface area contributed by atoms with E-state index in [4.69, 9.17) is 0 Å². The first-order valence-electron chi connectivity index (χ1n) is 6.87. The van der Waals surface area contributed by atoms with E-state index in [1.807, 2.05) is 0 Å². The minimum Gasteiger partial charge on any atom is -0.355 e.